The molecule has 1 atom stereocenters. The van der Waals surface area contributed by atoms with E-state index in [2.05, 4.69) is 23.7 Å². The Hall–Kier alpha value is -1.29. The summed E-state index contributed by atoms with van der Waals surface area (Å²) in [5.41, 5.74) is 6.27. The maximum atomic E-state index is 6.14. The van der Waals surface area contributed by atoms with E-state index in [0.29, 0.717) is 5.88 Å². The first-order chi connectivity index (χ1) is 8.03. The summed E-state index contributed by atoms with van der Waals surface area (Å²) in [5, 5.41) is 0. The number of hydrogen-bond acceptors (Lipinski definition) is 4. The van der Waals surface area contributed by atoms with Crippen LogP contribution >= 0.6 is 0 Å². The maximum absolute atomic E-state index is 6.14. The van der Waals surface area contributed by atoms with Crippen LogP contribution < -0.4 is 15.4 Å². The van der Waals surface area contributed by atoms with Gasteiger partial charge < -0.3 is 15.4 Å². The smallest absolute Gasteiger partial charge is 0.214 e. The third-order valence-corrected chi connectivity index (χ3v) is 3.55. The Labute approximate surface area is 103 Å². The van der Waals surface area contributed by atoms with Gasteiger partial charge in [0.15, 0.2) is 0 Å². The molecule has 17 heavy (non-hydrogen) atoms. The van der Waals surface area contributed by atoms with E-state index in [1.807, 2.05) is 18.2 Å². The molecule has 0 radical (unpaired) electrons. The number of nitrogens with zero attached hydrogens (tertiary/aromatic N) is 2. The first-order valence-corrected chi connectivity index (χ1v) is 6.04. The Morgan fingerprint density at radius 3 is 2.88 bits per heavy atom. The van der Waals surface area contributed by atoms with Crippen molar-refractivity contribution in [3.05, 3.63) is 18.2 Å². The van der Waals surface area contributed by atoms with Crippen molar-refractivity contribution in [2.24, 2.45) is 11.1 Å². The highest BCUT2D eigenvalue weighted by molar-refractivity contribution is 5.41. The van der Waals surface area contributed by atoms with E-state index in [-0.39, 0.29) is 11.5 Å². The second-order valence-electron chi connectivity index (χ2n) is 5.34. The summed E-state index contributed by atoms with van der Waals surface area (Å²) in [6.07, 6.45) is 1.01. The van der Waals surface area contributed by atoms with Crippen molar-refractivity contribution in [3.63, 3.8) is 0 Å². The molecule has 1 aromatic rings. The fraction of sp³-hybridized carbons (Fsp3) is 0.615. The Balaban J connectivity index is 2.17. The van der Waals surface area contributed by atoms with Gasteiger partial charge in [0.2, 0.25) is 5.88 Å². The van der Waals surface area contributed by atoms with Crippen molar-refractivity contribution in [2.45, 2.75) is 26.3 Å². The Bertz CT molecular complexity index is 392. The van der Waals surface area contributed by atoms with Crippen LogP contribution in [-0.4, -0.2) is 31.2 Å². The molecule has 0 spiro atoms. The van der Waals surface area contributed by atoms with Gasteiger partial charge in [-0.3, -0.25) is 0 Å². The van der Waals surface area contributed by atoms with Gasteiger partial charge in [-0.15, -0.1) is 0 Å². The van der Waals surface area contributed by atoms with Crippen molar-refractivity contribution in [3.8, 4) is 5.88 Å². The van der Waals surface area contributed by atoms with Crippen LogP contribution in [0.4, 0.5) is 5.82 Å². The SMILES string of the molecule is COc1cccc(N2CCC(N)C(C)(C)C2)n1. The van der Waals surface area contributed by atoms with Crippen molar-refractivity contribution in [1.82, 2.24) is 4.98 Å². The van der Waals surface area contributed by atoms with Crippen LogP contribution in [0.15, 0.2) is 18.2 Å². The molecule has 0 bridgehead atoms. The van der Waals surface area contributed by atoms with E-state index in [1.165, 1.54) is 0 Å². The van der Waals surface area contributed by atoms with Gasteiger partial charge in [0, 0.05) is 25.2 Å². The number of methoxy groups -OCH3 is 1. The van der Waals surface area contributed by atoms with Crippen LogP contribution in [0.5, 0.6) is 5.88 Å². The number of piperidine rings is 1. The van der Waals surface area contributed by atoms with Crippen molar-refractivity contribution < 1.29 is 4.74 Å². The average molecular weight is 235 g/mol. The first kappa shape index (κ1) is 12.2. The zero-order valence-electron chi connectivity index (χ0n) is 10.8. The quantitative estimate of drug-likeness (QED) is 0.847. The molecule has 2 N–H and O–H groups in total. The summed E-state index contributed by atoms with van der Waals surface area (Å²) in [5.74, 6) is 1.64. The van der Waals surface area contributed by atoms with Crippen molar-refractivity contribution in [2.75, 3.05) is 25.1 Å². The monoisotopic (exact) mass is 235 g/mol. The van der Waals surface area contributed by atoms with Crippen LogP contribution in [0.3, 0.4) is 0 Å². The minimum atomic E-state index is 0.128. The minimum Gasteiger partial charge on any atom is -0.481 e. The standard InChI is InChI=1S/C13H21N3O/c1-13(2)9-16(8-7-10(13)14)11-5-4-6-12(15-11)17-3/h4-6,10H,7-9,14H2,1-3H3. The zero-order valence-corrected chi connectivity index (χ0v) is 10.8. The van der Waals surface area contributed by atoms with Gasteiger partial charge in [0.05, 0.1) is 7.11 Å². The fourth-order valence-electron chi connectivity index (χ4n) is 2.26. The topological polar surface area (TPSA) is 51.4 Å². The van der Waals surface area contributed by atoms with E-state index >= 15 is 0 Å². The fourth-order valence-corrected chi connectivity index (χ4v) is 2.26. The second kappa shape index (κ2) is 4.53. The summed E-state index contributed by atoms with van der Waals surface area (Å²) in [4.78, 5) is 6.75. The number of pyridine rings is 1. The molecule has 1 aliphatic rings. The maximum Gasteiger partial charge on any atom is 0.214 e. The number of hydrogen-bond donors (Lipinski definition) is 1. The molecule has 1 unspecified atom stereocenters. The highest BCUT2D eigenvalue weighted by Gasteiger charge is 2.33. The highest BCUT2D eigenvalue weighted by Crippen LogP contribution is 2.30. The van der Waals surface area contributed by atoms with Crippen LogP contribution in [0.25, 0.3) is 0 Å². The van der Waals surface area contributed by atoms with E-state index in [4.69, 9.17) is 10.5 Å². The van der Waals surface area contributed by atoms with Gasteiger partial charge in [-0.2, -0.15) is 4.98 Å². The lowest BCUT2D eigenvalue weighted by atomic mass is 9.80. The van der Waals surface area contributed by atoms with Gasteiger partial charge in [0.25, 0.3) is 0 Å². The van der Waals surface area contributed by atoms with E-state index in [0.717, 1.165) is 25.3 Å². The predicted octanol–water partition coefficient (Wildman–Crippen LogP) is 1.65. The molecule has 4 heteroatoms. The summed E-state index contributed by atoms with van der Waals surface area (Å²) in [7, 11) is 1.64. The van der Waals surface area contributed by atoms with Crippen molar-refractivity contribution >= 4 is 5.82 Å². The lowest BCUT2D eigenvalue weighted by molar-refractivity contribution is 0.244. The van der Waals surface area contributed by atoms with Gasteiger partial charge in [-0.1, -0.05) is 19.9 Å². The molecular weight excluding hydrogens is 214 g/mol. The van der Waals surface area contributed by atoms with Gasteiger partial charge in [0.1, 0.15) is 5.82 Å². The number of ether oxygens (including phenoxy) is 1. The Morgan fingerprint density at radius 2 is 2.24 bits per heavy atom. The van der Waals surface area contributed by atoms with E-state index in [1.54, 1.807) is 7.11 Å². The molecule has 1 fully saturated rings. The molecule has 0 amide bonds. The molecule has 94 valence electrons. The zero-order chi connectivity index (χ0) is 12.5. The number of anilines is 1. The van der Waals surface area contributed by atoms with Crippen molar-refractivity contribution in [1.29, 1.82) is 0 Å². The minimum absolute atomic E-state index is 0.128. The van der Waals surface area contributed by atoms with Crippen LogP contribution in [-0.2, 0) is 0 Å². The van der Waals surface area contributed by atoms with Gasteiger partial charge in [-0.05, 0) is 17.9 Å². The normalized spacial score (nSPS) is 23.5. The summed E-state index contributed by atoms with van der Waals surface area (Å²) in [6, 6.07) is 6.13. The second-order valence-corrected chi connectivity index (χ2v) is 5.34. The largest absolute Gasteiger partial charge is 0.481 e. The third-order valence-electron chi connectivity index (χ3n) is 3.55. The molecule has 2 rings (SSSR count). The Kier molecular flexibility index (Phi) is 3.24. The predicted molar refractivity (Wildman–Crippen MR) is 69.4 cm³/mol. The molecule has 1 saturated heterocycles. The summed E-state index contributed by atoms with van der Waals surface area (Å²) < 4.78 is 5.16. The first-order valence-electron chi connectivity index (χ1n) is 6.04. The van der Waals surface area contributed by atoms with Crippen LogP contribution in [0.2, 0.25) is 0 Å². The molecule has 1 aliphatic heterocycles. The number of aromatic nitrogens is 1. The molecule has 0 saturated carbocycles. The lowest BCUT2D eigenvalue weighted by Gasteiger charge is -2.43. The molecule has 0 aliphatic carbocycles. The molecule has 0 aromatic carbocycles. The van der Waals surface area contributed by atoms with Crippen LogP contribution in [0, 0.1) is 5.41 Å². The summed E-state index contributed by atoms with van der Waals surface area (Å²) in [6.45, 7) is 6.33. The highest BCUT2D eigenvalue weighted by atomic mass is 16.5. The van der Waals surface area contributed by atoms with E-state index < -0.39 is 0 Å². The average Bonchev–Trinajstić information content (AvgIpc) is 2.32. The molecule has 2 heterocycles. The number of rotatable bonds is 2. The Morgan fingerprint density at radius 1 is 1.47 bits per heavy atom. The molecule has 1 aromatic heterocycles. The van der Waals surface area contributed by atoms with Gasteiger partial charge in [-0.25, -0.2) is 0 Å². The lowest BCUT2D eigenvalue weighted by Crippen LogP contribution is -2.52. The molecule has 4 nitrogen and oxygen atoms in total. The van der Waals surface area contributed by atoms with E-state index in [9.17, 15) is 0 Å². The number of nitrogens with two attached hydrogens (primary N) is 1. The molecular formula is C13H21N3O. The third kappa shape index (κ3) is 2.52. The summed E-state index contributed by atoms with van der Waals surface area (Å²) >= 11 is 0. The van der Waals surface area contributed by atoms with Gasteiger partial charge >= 0.3 is 0 Å². The van der Waals surface area contributed by atoms with Crippen LogP contribution in [0.1, 0.15) is 20.3 Å².